The van der Waals surface area contributed by atoms with Gasteiger partial charge in [0.05, 0.1) is 6.61 Å². The maximum absolute atomic E-state index is 13.6. The molecule has 1 atom stereocenters. The van der Waals surface area contributed by atoms with Gasteiger partial charge in [-0.15, -0.1) is 0 Å². The number of hydrogen-bond donors (Lipinski definition) is 1. The molecular weight excluding hydrogens is 217 g/mol. The molecule has 2 nitrogen and oxygen atoms in total. The van der Waals surface area contributed by atoms with Crippen LogP contribution in [0.15, 0.2) is 18.2 Å². The van der Waals surface area contributed by atoms with Crippen molar-refractivity contribution in [1.29, 1.82) is 0 Å². The number of aliphatic hydroxyl groups is 1. The molecule has 0 amide bonds. The Kier molecular flexibility index (Phi) is 3.67. The Balaban J connectivity index is 2.21. The van der Waals surface area contributed by atoms with Crippen LogP contribution in [0.2, 0.25) is 0 Å². The SMILES string of the molecule is CC(C)C1CCN(c2cccc(F)c2CO)C1. The quantitative estimate of drug-likeness (QED) is 0.873. The van der Waals surface area contributed by atoms with Crippen molar-refractivity contribution in [2.24, 2.45) is 11.8 Å². The fourth-order valence-corrected chi connectivity index (χ4v) is 2.55. The zero-order chi connectivity index (χ0) is 12.4. The smallest absolute Gasteiger partial charge is 0.130 e. The van der Waals surface area contributed by atoms with Crippen LogP contribution in [-0.2, 0) is 6.61 Å². The molecule has 1 fully saturated rings. The summed E-state index contributed by atoms with van der Waals surface area (Å²) in [5, 5.41) is 9.27. The van der Waals surface area contributed by atoms with E-state index in [0.29, 0.717) is 17.4 Å². The molecule has 1 aliphatic heterocycles. The molecule has 0 aromatic heterocycles. The van der Waals surface area contributed by atoms with Crippen molar-refractivity contribution < 1.29 is 9.50 Å². The third-order valence-corrected chi connectivity index (χ3v) is 3.76. The summed E-state index contributed by atoms with van der Waals surface area (Å²) in [5.74, 6) is 1.02. The molecule has 1 aromatic carbocycles. The maximum atomic E-state index is 13.6. The molecule has 3 heteroatoms. The van der Waals surface area contributed by atoms with Crippen LogP contribution in [0.5, 0.6) is 0 Å². The molecule has 1 aliphatic rings. The van der Waals surface area contributed by atoms with Crippen LogP contribution in [0, 0.1) is 17.7 Å². The van der Waals surface area contributed by atoms with Gasteiger partial charge in [-0.25, -0.2) is 4.39 Å². The maximum Gasteiger partial charge on any atom is 0.130 e. The van der Waals surface area contributed by atoms with E-state index in [1.165, 1.54) is 6.07 Å². The van der Waals surface area contributed by atoms with E-state index in [-0.39, 0.29) is 12.4 Å². The summed E-state index contributed by atoms with van der Waals surface area (Å²) in [4.78, 5) is 2.19. The number of benzene rings is 1. The van der Waals surface area contributed by atoms with Crippen LogP contribution in [-0.4, -0.2) is 18.2 Å². The summed E-state index contributed by atoms with van der Waals surface area (Å²) in [6.07, 6.45) is 1.15. The second kappa shape index (κ2) is 5.05. The van der Waals surface area contributed by atoms with Crippen LogP contribution in [0.4, 0.5) is 10.1 Å². The van der Waals surface area contributed by atoms with Crippen LogP contribution in [0.3, 0.4) is 0 Å². The number of aliphatic hydroxyl groups excluding tert-OH is 1. The minimum absolute atomic E-state index is 0.231. The standard InChI is InChI=1S/C14H20FNO/c1-10(2)11-6-7-16(8-11)14-5-3-4-13(15)12(14)9-17/h3-5,10-11,17H,6-9H2,1-2H3. The lowest BCUT2D eigenvalue weighted by atomic mass is 9.95. The molecule has 0 spiro atoms. The van der Waals surface area contributed by atoms with Gasteiger partial charge >= 0.3 is 0 Å². The average molecular weight is 237 g/mol. The Morgan fingerprint density at radius 2 is 2.24 bits per heavy atom. The normalized spacial score (nSPS) is 20.3. The lowest BCUT2D eigenvalue weighted by molar-refractivity contribution is 0.276. The van der Waals surface area contributed by atoms with Gasteiger partial charge in [-0.1, -0.05) is 19.9 Å². The van der Waals surface area contributed by atoms with Gasteiger partial charge in [-0.2, -0.15) is 0 Å². The highest BCUT2D eigenvalue weighted by molar-refractivity contribution is 5.54. The summed E-state index contributed by atoms with van der Waals surface area (Å²) >= 11 is 0. The molecule has 0 saturated carbocycles. The number of hydrogen-bond acceptors (Lipinski definition) is 2. The molecule has 94 valence electrons. The molecule has 0 bridgehead atoms. The van der Waals surface area contributed by atoms with Gasteiger partial charge in [-0.05, 0) is 30.4 Å². The lowest BCUT2D eigenvalue weighted by Crippen LogP contribution is -2.22. The van der Waals surface area contributed by atoms with Gasteiger partial charge < -0.3 is 10.0 Å². The fourth-order valence-electron chi connectivity index (χ4n) is 2.55. The highest BCUT2D eigenvalue weighted by atomic mass is 19.1. The van der Waals surface area contributed by atoms with Crippen LogP contribution in [0.25, 0.3) is 0 Å². The third kappa shape index (κ3) is 2.44. The Labute approximate surface area is 102 Å². The van der Waals surface area contributed by atoms with Crippen LogP contribution < -0.4 is 4.90 Å². The molecule has 1 unspecified atom stereocenters. The molecule has 1 aromatic rings. The monoisotopic (exact) mass is 237 g/mol. The Bertz CT molecular complexity index is 392. The van der Waals surface area contributed by atoms with Crippen molar-refractivity contribution in [2.75, 3.05) is 18.0 Å². The largest absolute Gasteiger partial charge is 0.391 e. The second-order valence-electron chi connectivity index (χ2n) is 5.13. The first-order valence-electron chi connectivity index (χ1n) is 6.26. The van der Waals surface area contributed by atoms with Crippen molar-refractivity contribution in [1.82, 2.24) is 0 Å². The van der Waals surface area contributed by atoms with E-state index >= 15 is 0 Å². The molecule has 1 heterocycles. The van der Waals surface area contributed by atoms with Gasteiger partial charge in [0, 0.05) is 24.3 Å². The topological polar surface area (TPSA) is 23.5 Å². The van der Waals surface area contributed by atoms with E-state index in [4.69, 9.17) is 0 Å². The predicted molar refractivity (Wildman–Crippen MR) is 67.5 cm³/mol. The molecule has 17 heavy (non-hydrogen) atoms. The number of nitrogens with zero attached hydrogens (tertiary/aromatic N) is 1. The van der Waals surface area contributed by atoms with Crippen LogP contribution >= 0.6 is 0 Å². The highest BCUT2D eigenvalue weighted by Crippen LogP contribution is 2.31. The highest BCUT2D eigenvalue weighted by Gasteiger charge is 2.26. The molecule has 1 N–H and O–H groups in total. The minimum atomic E-state index is -0.307. The third-order valence-electron chi connectivity index (χ3n) is 3.76. The Hall–Kier alpha value is -1.09. The average Bonchev–Trinajstić information content (AvgIpc) is 2.77. The van der Waals surface area contributed by atoms with Gasteiger partial charge in [-0.3, -0.25) is 0 Å². The Morgan fingerprint density at radius 3 is 2.82 bits per heavy atom. The van der Waals surface area contributed by atoms with E-state index < -0.39 is 0 Å². The summed E-state index contributed by atoms with van der Waals surface area (Å²) in [7, 11) is 0. The molecule has 1 saturated heterocycles. The van der Waals surface area contributed by atoms with Gasteiger partial charge in [0.1, 0.15) is 5.82 Å². The van der Waals surface area contributed by atoms with E-state index in [1.807, 2.05) is 6.07 Å². The predicted octanol–water partition coefficient (Wildman–Crippen LogP) is 2.80. The number of halogens is 1. The van der Waals surface area contributed by atoms with Gasteiger partial charge in [0.2, 0.25) is 0 Å². The first kappa shape index (κ1) is 12.4. The van der Waals surface area contributed by atoms with Crippen molar-refractivity contribution in [3.8, 4) is 0 Å². The van der Waals surface area contributed by atoms with Crippen LogP contribution in [0.1, 0.15) is 25.8 Å². The van der Waals surface area contributed by atoms with Crippen molar-refractivity contribution in [2.45, 2.75) is 26.9 Å². The molecule has 2 rings (SSSR count). The van der Waals surface area contributed by atoms with Crippen molar-refractivity contribution in [3.63, 3.8) is 0 Å². The zero-order valence-corrected chi connectivity index (χ0v) is 10.5. The second-order valence-corrected chi connectivity index (χ2v) is 5.13. The Morgan fingerprint density at radius 1 is 1.47 bits per heavy atom. The van der Waals surface area contributed by atoms with Gasteiger partial charge in [0.25, 0.3) is 0 Å². The first-order chi connectivity index (χ1) is 8.13. The van der Waals surface area contributed by atoms with Gasteiger partial charge in [0.15, 0.2) is 0 Å². The lowest BCUT2D eigenvalue weighted by Gasteiger charge is -2.22. The summed E-state index contributed by atoms with van der Waals surface area (Å²) in [5.41, 5.74) is 1.28. The fraction of sp³-hybridized carbons (Fsp3) is 0.571. The molecule has 0 radical (unpaired) electrons. The number of rotatable bonds is 3. The summed E-state index contributed by atoms with van der Waals surface area (Å²) in [6.45, 7) is 6.15. The molecular formula is C14H20FNO. The summed E-state index contributed by atoms with van der Waals surface area (Å²) in [6, 6.07) is 5.02. The first-order valence-corrected chi connectivity index (χ1v) is 6.26. The van der Waals surface area contributed by atoms with E-state index in [2.05, 4.69) is 18.7 Å². The molecule has 0 aliphatic carbocycles. The minimum Gasteiger partial charge on any atom is -0.391 e. The number of anilines is 1. The summed E-state index contributed by atoms with van der Waals surface area (Å²) < 4.78 is 13.6. The van der Waals surface area contributed by atoms with E-state index in [0.717, 1.165) is 25.2 Å². The zero-order valence-electron chi connectivity index (χ0n) is 10.5. The van der Waals surface area contributed by atoms with E-state index in [1.54, 1.807) is 6.07 Å². The van der Waals surface area contributed by atoms with E-state index in [9.17, 15) is 9.50 Å². The van der Waals surface area contributed by atoms with Crippen molar-refractivity contribution >= 4 is 5.69 Å². The van der Waals surface area contributed by atoms with Crippen molar-refractivity contribution in [3.05, 3.63) is 29.6 Å².